The predicted molar refractivity (Wildman–Crippen MR) is 92.2 cm³/mol. The Labute approximate surface area is 146 Å². The Kier molecular flexibility index (Phi) is 4.07. The monoisotopic (exact) mass is 374 g/mol. The first-order valence-electron chi connectivity index (χ1n) is 6.68. The van der Waals surface area contributed by atoms with Gasteiger partial charge in [0.2, 0.25) is 0 Å². The van der Waals surface area contributed by atoms with Gasteiger partial charge in [-0.25, -0.2) is 14.7 Å². The molecule has 6 nitrogen and oxygen atoms in total. The third kappa shape index (κ3) is 2.75. The van der Waals surface area contributed by atoms with Gasteiger partial charge in [0.05, 0.1) is 36.3 Å². The molecule has 0 atom stereocenters. The van der Waals surface area contributed by atoms with Crippen molar-refractivity contribution in [2.24, 2.45) is 0 Å². The van der Waals surface area contributed by atoms with Gasteiger partial charge in [-0.1, -0.05) is 12.1 Å². The van der Waals surface area contributed by atoms with Crippen LogP contribution < -0.4 is 0 Å². The van der Waals surface area contributed by atoms with Crippen LogP contribution in [0.5, 0.6) is 0 Å². The molecule has 24 heavy (non-hydrogen) atoms. The SMILES string of the molecule is [C-]#[N+]c1cc(C#N)c(-c2cc(-c3cccc(Br)n3)[nH]n2)c([N+]#[C-])c1. The summed E-state index contributed by atoms with van der Waals surface area (Å²) in [5, 5.41) is 16.5. The number of nitrogens with zero attached hydrogens (tertiary/aromatic N) is 5. The normalized spacial score (nSPS) is 9.75. The third-order valence-corrected chi connectivity index (χ3v) is 3.74. The predicted octanol–water partition coefficient (Wildman–Crippen LogP) is 4.87. The van der Waals surface area contributed by atoms with Crippen molar-refractivity contribution in [3.05, 3.63) is 69.4 Å². The van der Waals surface area contributed by atoms with Crippen LogP contribution >= 0.6 is 15.9 Å². The number of nitriles is 1. The lowest BCUT2D eigenvalue weighted by Crippen LogP contribution is -1.85. The summed E-state index contributed by atoms with van der Waals surface area (Å²) in [5.41, 5.74) is 2.95. The molecule has 0 fully saturated rings. The fourth-order valence-electron chi connectivity index (χ4n) is 2.26. The molecule has 3 rings (SSSR count). The van der Waals surface area contributed by atoms with Crippen LogP contribution in [0.2, 0.25) is 0 Å². The number of pyridine rings is 1. The van der Waals surface area contributed by atoms with Crippen LogP contribution in [0, 0.1) is 24.5 Å². The summed E-state index contributed by atoms with van der Waals surface area (Å²) in [6.45, 7) is 14.4. The first-order chi connectivity index (χ1) is 11.7. The summed E-state index contributed by atoms with van der Waals surface area (Å²) in [5.74, 6) is 0. The van der Waals surface area contributed by atoms with Crippen molar-refractivity contribution in [3.8, 4) is 28.7 Å². The summed E-state index contributed by atoms with van der Waals surface area (Å²) in [6.07, 6.45) is 0. The molecule has 112 valence electrons. The van der Waals surface area contributed by atoms with E-state index in [0.717, 1.165) is 0 Å². The topological polar surface area (TPSA) is 74.1 Å². The molecule has 0 unspecified atom stereocenters. The number of rotatable bonds is 2. The molecule has 2 heterocycles. The molecule has 0 bridgehead atoms. The highest BCUT2D eigenvalue weighted by molar-refractivity contribution is 9.10. The lowest BCUT2D eigenvalue weighted by Gasteiger charge is -2.04. The van der Waals surface area contributed by atoms with Gasteiger partial charge in [-0.15, -0.1) is 0 Å². The summed E-state index contributed by atoms with van der Waals surface area (Å²) in [6, 6.07) is 12.2. The number of nitrogens with one attached hydrogen (secondary N) is 1. The highest BCUT2D eigenvalue weighted by Gasteiger charge is 2.16. The van der Waals surface area contributed by atoms with E-state index in [1.807, 2.05) is 24.3 Å². The number of halogens is 1. The molecule has 0 saturated carbocycles. The fourth-order valence-corrected chi connectivity index (χ4v) is 2.60. The first kappa shape index (κ1) is 15.4. The Hall–Kier alpha value is -3.47. The molecule has 0 radical (unpaired) electrons. The van der Waals surface area contributed by atoms with Crippen LogP contribution in [-0.4, -0.2) is 15.2 Å². The number of H-pyrrole nitrogens is 1. The highest BCUT2D eigenvalue weighted by Crippen LogP contribution is 2.37. The number of hydrogen-bond acceptors (Lipinski definition) is 3. The van der Waals surface area contributed by atoms with Crippen molar-refractivity contribution < 1.29 is 0 Å². The van der Waals surface area contributed by atoms with Crippen LogP contribution in [0.4, 0.5) is 11.4 Å². The third-order valence-electron chi connectivity index (χ3n) is 3.30. The van der Waals surface area contributed by atoms with Crippen LogP contribution in [0.15, 0.2) is 41.0 Å². The smallest absolute Gasteiger partial charge is 0.187 e. The minimum absolute atomic E-state index is 0.223. The van der Waals surface area contributed by atoms with Crippen LogP contribution in [0.3, 0.4) is 0 Å². The molecular weight excluding hydrogens is 368 g/mol. The van der Waals surface area contributed by atoms with Gasteiger partial charge in [0, 0.05) is 11.1 Å². The Bertz CT molecular complexity index is 1030. The zero-order chi connectivity index (χ0) is 17.1. The second kappa shape index (κ2) is 6.34. The minimum atomic E-state index is 0.223. The van der Waals surface area contributed by atoms with Gasteiger partial charge in [0.25, 0.3) is 0 Å². The second-order valence-corrected chi connectivity index (χ2v) is 5.55. The maximum Gasteiger partial charge on any atom is 0.187 e. The average molecular weight is 375 g/mol. The molecule has 0 aliphatic rings. The summed E-state index contributed by atoms with van der Waals surface area (Å²) in [4.78, 5) is 11.1. The van der Waals surface area contributed by atoms with Crippen LogP contribution in [0.1, 0.15) is 5.56 Å². The van der Waals surface area contributed by atoms with E-state index in [4.69, 9.17) is 13.1 Å². The number of aromatic nitrogens is 3. The van der Waals surface area contributed by atoms with Gasteiger partial charge >= 0.3 is 0 Å². The molecule has 1 N–H and O–H groups in total. The molecule has 1 aromatic carbocycles. The fraction of sp³-hybridized carbons (Fsp3) is 0. The molecule has 0 aliphatic heterocycles. The molecule has 0 saturated heterocycles. The zero-order valence-electron chi connectivity index (χ0n) is 12.1. The van der Waals surface area contributed by atoms with Crippen molar-refractivity contribution in [2.75, 3.05) is 0 Å². The Morgan fingerprint density at radius 1 is 1.12 bits per heavy atom. The maximum atomic E-state index is 9.37. The molecule has 2 aromatic heterocycles. The van der Waals surface area contributed by atoms with Crippen molar-refractivity contribution in [2.45, 2.75) is 0 Å². The molecular formula is C17H7BrN6. The summed E-state index contributed by atoms with van der Waals surface area (Å²) < 4.78 is 0.692. The largest absolute Gasteiger partial charge is 0.276 e. The average Bonchev–Trinajstić information content (AvgIpc) is 3.10. The Morgan fingerprint density at radius 3 is 2.62 bits per heavy atom. The molecule has 3 aromatic rings. The van der Waals surface area contributed by atoms with Crippen LogP contribution in [0.25, 0.3) is 32.3 Å². The van der Waals surface area contributed by atoms with Crippen molar-refractivity contribution >= 4 is 27.3 Å². The van der Waals surface area contributed by atoms with Crippen molar-refractivity contribution in [1.29, 1.82) is 5.26 Å². The lowest BCUT2D eigenvalue weighted by atomic mass is 10.0. The van der Waals surface area contributed by atoms with Gasteiger partial charge in [-0.2, -0.15) is 10.4 Å². The van der Waals surface area contributed by atoms with E-state index in [2.05, 4.69) is 40.8 Å². The standard InChI is InChI=1S/C17H7BrN6/c1-20-11-6-10(9-19)17(14(7-11)21-2)15-8-13(23-24-15)12-4-3-5-16(18)22-12/h3-8H,(H,23,24). The van der Waals surface area contributed by atoms with E-state index in [0.29, 0.717) is 27.2 Å². The minimum Gasteiger partial charge on any atom is -0.276 e. The molecule has 0 spiro atoms. The molecule has 0 aliphatic carbocycles. The van der Waals surface area contributed by atoms with E-state index < -0.39 is 0 Å². The van der Waals surface area contributed by atoms with Crippen molar-refractivity contribution in [3.63, 3.8) is 0 Å². The highest BCUT2D eigenvalue weighted by atomic mass is 79.9. The van der Waals surface area contributed by atoms with E-state index in [1.165, 1.54) is 12.1 Å². The maximum absolute atomic E-state index is 9.37. The van der Waals surface area contributed by atoms with Crippen LogP contribution in [-0.2, 0) is 0 Å². The van der Waals surface area contributed by atoms with Gasteiger partial charge in [0.1, 0.15) is 4.60 Å². The van der Waals surface area contributed by atoms with Gasteiger partial charge in [0.15, 0.2) is 11.4 Å². The Morgan fingerprint density at radius 2 is 1.96 bits per heavy atom. The van der Waals surface area contributed by atoms with E-state index >= 15 is 0 Å². The molecule has 7 heteroatoms. The summed E-state index contributed by atoms with van der Waals surface area (Å²) in [7, 11) is 0. The zero-order valence-corrected chi connectivity index (χ0v) is 13.7. The first-order valence-corrected chi connectivity index (χ1v) is 7.47. The van der Waals surface area contributed by atoms with Gasteiger partial charge in [-0.05, 0) is 40.2 Å². The second-order valence-electron chi connectivity index (χ2n) is 4.74. The quantitative estimate of drug-likeness (QED) is 0.513. The lowest BCUT2D eigenvalue weighted by molar-refractivity contribution is 1.09. The number of benzene rings is 1. The van der Waals surface area contributed by atoms with E-state index in [9.17, 15) is 5.26 Å². The summed E-state index contributed by atoms with van der Waals surface area (Å²) >= 11 is 3.32. The van der Waals surface area contributed by atoms with E-state index in [-0.39, 0.29) is 16.9 Å². The van der Waals surface area contributed by atoms with Gasteiger partial charge < -0.3 is 0 Å². The number of hydrogen-bond donors (Lipinski definition) is 1. The van der Waals surface area contributed by atoms with Crippen molar-refractivity contribution in [1.82, 2.24) is 15.2 Å². The van der Waals surface area contributed by atoms with Gasteiger partial charge in [-0.3, -0.25) is 5.10 Å². The van der Waals surface area contributed by atoms with E-state index in [1.54, 1.807) is 6.07 Å². The number of aromatic amines is 1. The molecule has 0 amide bonds. The Balaban J connectivity index is 2.17.